The first kappa shape index (κ1) is 12.1. The SMILES string of the molecule is NC(Cc1cc(Br)ccc1F)c1cncnc1. The zero-order valence-electron chi connectivity index (χ0n) is 8.98. The van der Waals surface area contributed by atoms with Crippen LogP contribution in [0.5, 0.6) is 0 Å². The van der Waals surface area contributed by atoms with Crippen molar-refractivity contribution in [3.05, 3.63) is 58.3 Å². The lowest BCUT2D eigenvalue weighted by atomic mass is 10.0. The molecule has 1 heterocycles. The minimum absolute atomic E-state index is 0.250. The molecule has 0 spiro atoms. The molecule has 2 rings (SSSR count). The molecule has 0 aliphatic rings. The van der Waals surface area contributed by atoms with E-state index in [2.05, 4.69) is 25.9 Å². The molecule has 3 nitrogen and oxygen atoms in total. The number of rotatable bonds is 3. The van der Waals surface area contributed by atoms with Crippen molar-refractivity contribution in [1.29, 1.82) is 0 Å². The molecule has 17 heavy (non-hydrogen) atoms. The highest BCUT2D eigenvalue weighted by Gasteiger charge is 2.11. The number of nitrogens with zero attached hydrogens (tertiary/aromatic N) is 2. The predicted molar refractivity (Wildman–Crippen MR) is 66.8 cm³/mol. The van der Waals surface area contributed by atoms with Gasteiger partial charge in [-0.25, -0.2) is 14.4 Å². The van der Waals surface area contributed by atoms with Crippen LogP contribution in [0.1, 0.15) is 17.2 Å². The molecule has 2 N–H and O–H groups in total. The Kier molecular flexibility index (Phi) is 3.81. The normalized spacial score (nSPS) is 12.4. The van der Waals surface area contributed by atoms with Gasteiger partial charge in [-0.05, 0) is 30.2 Å². The molecule has 88 valence electrons. The first-order valence-corrected chi connectivity index (χ1v) is 5.90. The first-order valence-electron chi connectivity index (χ1n) is 5.11. The number of aromatic nitrogens is 2. The van der Waals surface area contributed by atoms with Gasteiger partial charge >= 0.3 is 0 Å². The second-order valence-electron chi connectivity index (χ2n) is 3.72. The van der Waals surface area contributed by atoms with E-state index < -0.39 is 0 Å². The zero-order valence-corrected chi connectivity index (χ0v) is 10.6. The van der Waals surface area contributed by atoms with E-state index in [0.29, 0.717) is 12.0 Å². The van der Waals surface area contributed by atoms with Gasteiger partial charge in [0.2, 0.25) is 0 Å². The average Bonchev–Trinajstić information content (AvgIpc) is 2.35. The van der Waals surface area contributed by atoms with Gasteiger partial charge < -0.3 is 5.73 Å². The lowest BCUT2D eigenvalue weighted by Gasteiger charge is -2.12. The summed E-state index contributed by atoms with van der Waals surface area (Å²) in [5.74, 6) is -0.250. The van der Waals surface area contributed by atoms with Crippen molar-refractivity contribution in [2.75, 3.05) is 0 Å². The van der Waals surface area contributed by atoms with E-state index in [9.17, 15) is 4.39 Å². The van der Waals surface area contributed by atoms with Crippen molar-refractivity contribution < 1.29 is 4.39 Å². The summed E-state index contributed by atoms with van der Waals surface area (Å²) in [7, 11) is 0. The molecule has 1 aromatic heterocycles. The maximum absolute atomic E-state index is 13.5. The number of benzene rings is 1. The highest BCUT2D eigenvalue weighted by molar-refractivity contribution is 9.10. The molecule has 0 fully saturated rings. The lowest BCUT2D eigenvalue weighted by Crippen LogP contribution is -2.14. The predicted octanol–water partition coefficient (Wildman–Crippen LogP) is 2.62. The molecular formula is C12H11BrFN3. The summed E-state index contributed by atoms with van der Waals surface area (Å²) in [6.45, 7) is 0. The van der Waals surface area contributed by atoms with Crippen molar-refractivity contribution >= 4 is 15.9 Å². The van der Waals surface area contributed by atoms with E-state index in [1.807, 2.05) is 0 Å². The van der Waals surface area contributed by atoms with Gasteiger partial charge in [0.15, 0.2) is 0 Å². The summed E-state index contributed by atoms with van der Waals surface area (Å²) >= 11 is 3.31. The summed E-state index contributed by atoms with van der Waals surface area (Å²) in [5.41, 5.74) is 7.36. The van der Waals surface area contributed by atoms with Crippen LogP contribution < -0.4 is 5.73 Å². The van der Waals surface area contributed by atoms with Gasteiger partial charge in [-0.15, -0.1) is 0 Å². The van der Waals surface area contributed by atoms with Crippen molar-refractivity contribution in [2.45, 2.75) is 12.5 Å². The Balaban J connectivity index is 2.18. The van der Waals surface area contributed by atoms with Crippen LogP contribution in [0.2, 0.25) is 0 Å². The molecule has 0 bridgehead atoms. The minimum atomic E-state index is -0.306. The van der Waals surface area contributed by atoms with E-state index in [1.165, 1.54) is 12.4 Å². The topological polar surface area (TPSA) is 51.8 Å². The second-order valence-corrected chi connectivity index (χ2v) is 4.63. The van der Waals surface area contributed by atoms with Gasteiger partial charge in [0.05, 0.1) is 0 Å². The molecule has 1 aromatic carbocycles. The Bertz CT molecular complexity index is 504. The van der Waals surface area contributed by atoms with Crippen molar-refractivity contribution in [3.63, 3.8) is 0 Å². The fourth-order valence-electron chi connectivity index (χ4n) is 1.56. The molecule has 5 heteroatoms. The van der Waals surface area contributed by atoms with Crippen LogP contribution in [0.3, 0.4) is 0 Å². The number of hydrogen-bond donors (Lipinski definition) is 1. The average molecular weight is 296 g/mol. The van der Waals surface area contributed by atoms with Crippen LogP contribution >= 0.6 is 15.9 Å². The van der Waals surface area contributed by atoms with Crippen molar-refractivity contribution in [2.24, 2.45) is 5.73 Å². The third kappa shape index (κ3) is 3.08. The summed E-state index contributed by atoms with van der Waals surface area (Å²) < 4.78 is 14.4. The number of nitrogens with two attached hydrogens (primary N) is 1. The quantitative estimate of drug-likeness (QED) is 0.947. The Hall–Kier alpha value is -1.33. The van der Waals surface area contributed by atoms with E-state index in [4.69, 9.17) is 5.73 Å². The Morgan fingerprint density at radius 3 is 2.71 bits per heavy atom. The molecule has 0 saturated carbocycles. The lowest BCUT2D eigenvalue weighted by molar-refractivity contribution is 0.592. The van der Waals surface area contributed by atoms with Crippen LogP contribution in [0.25, 0.3) is 0 Å². The molecule has 0 aliphatic carbocycles. The second kappa shape index (κ2) is 5.33. The number of hydrogen-bond acceptors (Lipinski definition) is 3. The molecule has 0 radical (unpaired) electrons. The van der Waals surface area contributed by atoms with Crippen LogP contribution in [-0.2, 0) is 6.42 Å². The molecule has 0 aliphatic heterocycles. The maximum atomic E-state index is 13.5. The van der Waals surface area contributed by atoms with Crippen molar-refractivity contribution in [1.82, 2.24) is 9.97 Å². The third-order valence-corrected chi connectivity index (χ3v) is 2.95. The smallest absolute Gasteiger partial charge is 0.126 e. The first-order chi connectivity index (χ1) is 8.16. The standard InChI is InChI=1S/C12H11BrFN3/c13-10-1-2-11(14)8(3-10)4-12(15)9-5-16-7-17-6-9/h1-3,5-7,12H,4,15H2. The fourth-order valence-corrected chi connectivity index (χ4v) is 1.97. The van der Waals surface area contributed by atoms with Crippen molar-refractivity contribution in [3.8, 4) is 0 Å². The van der Waals surface area contributed by atoms with E-state index >= 15 is 0 Å². The van der Waals surface area contributed by atoms with Gasteiger partial charge in [-0.1, -0.05) is 15.9 Å². The van der Waals surface area contributed by atoms with Crippen LogP contribution in [-0.4, -0.2) is 9.97 Å². The highest BCUT2D eigenvalue weighted by Crippen LogP contribution is 2.20. The van der Waals surface area contributed by atoms with Gasteiger partial charge in [-0.2, -0.15) is 0 Å². The Morgan fingerprint density at radius 1 is 1.29 bits per heavy atom. The van der Waals surface area contributed by atoms with Gasteiger partial charge in [0, 0.05) is 28.5 Å². The molecule has 0 amide bonds. The van der Waals surface area contributed by atoms with Gasteiger partial charge in [-0.3, -0.25) is 0 Å². The van der Waals surface area contributed by atoms with E-state index in [1.54, 1.807) is 24.5 Å². The molecule has 0 saturated heterocycles. The third-order valence-electron chi connectivity index (χ3n) is 2.46. The monoisotopic (exact) mass is 295 g/mol. The van der Waals surface area contributed by atoms with E-state index in [-0.39, 0.29) is 11.9 Å². The summed E-state index contributed by atoms with van der Waals surface area (Å²) in [6.07, 6.45) is 5.15. The largest absolute Gasteiger partial charge is 0.324 e. The van der Waals surface area contributed by atoms with Crippen LogP contribution in [0.4, 0.5) is 4.39 Å². The highest BCUT2D eigenvalue weighted by atomic mass is 79.9. The summed E-state index contributed by atoms with van der Waals surface area (Å²) in [4.78, 5) is 7.79. The summed E-state index contributed by atoms with van der Waals surface area (Å²) in [5, 5.41) is 0. The maximum Gasteiger partial charge on any atom is 0.126 e. The zero-order chi connectivity index (χ0) is 12.3. The number of halogens is 2. The Labute approximate surface area is 107 Å². The molecule has 1 atom stereocenters. The van der Waals surface area contributed by atoms with Gasteiger partial charge in [0.25, 0.3) is 0 Å². The molecule has 1 unspecified atom stereocenters. The van der Waals surface area contributed by atoms with E-state index in [0.717, 1.165) is 10.0 Å². The fraction of sp³-hybridized carbons (Fsp3) is 0.167. The summed E-state index contributed by atoms with van der Waals surface area (Å²) in [6, 6.07) is 4.52. The molecule has 2 aromatic rings. The van der Waals surface area contributed by atoms with Crippen LogP contribution in [0, 0.1) is 5.82 Å². The van der Waals surface area contributed by atoms with Crippen LogP contribution in [0.15, 0.2) is 41.4 Å². The molecular weight excluding hydrogens is 285 g/mol. The minimum Gasteiger partial charge on any atom is -0.324 e. The van der Waals surface area contributed by atoms with Gasteiger partial charge in [0.1, 0.15) is 12.1 Å². The Morgan fingerprint density at radius 2 is 2.00 bits per heavy atom.